The smallest absolute Gasteiger partial charge is 0.315 e. The van der Waals surface area contributed by atoms with Gasteiger partial charge in [-0.25, -0.2) is 0 Å². The first-order valence-corrected chi connectivity index (χ1v) is 24.7. The van der Waals surface area contributed by atoms with Crippen molar-refractivity contribution in [3.63, 3.8) is 0 Å². The number of benzene rings is 2. The predicted octanol–water partition coefficient (Wildman–Crippen LogP) is 10.0. The predicted molar refractivity (Wildman–Crippen MR) is 205 cm³/mol. The molecule has 2 aromatic carbocycles. The highest BCUT2D eigenvalue weighted by atomic mass is 32.2. The van der Waals surface area contributed by atoms with E-state index in [0.29, 0.717) is 12.2 Å². The third-order valence-corrected chi connectivity index (χ3v) is 21.6. The Balaban J connectivity index is 2.11. The maximum absolute atomic E-state index is 14.0. The topological polar surface area (TPSA) is 61.8 Å². The van der Waals surface area contributed by atoms with E-state index >= 15 is 0 Å². The van der Waals surface area contributed by atoms with Crippen LogP contribution >= 0.6 is 23.5 Å². The van der Waals surface area contributed by atoms with Gasteiger partial charge in [-0.05, 0) is 83.0 Å². The van der Waals surface area contributed by atoms with Crippen molar-refractivity contribution in [3.05, 3.63) is 54.1 Å². The summed E-state index contributed by atoms with van der Waals surface area (Å²) in [6.45, 7) is 25.0. The summed E-state index contributed by atoms with van der Waals surface area (Å²) in [4.78, 5) is 25.6. The van der Waals surface area contributed by atoms with Gasteiger partial charge in [-0.3, -0.25) is 9.59 Å². The lowest BCUT2D eigenvalue weighted by atomic mass is 9.86. The summed E-state index contributed by atoms with van der Waals surface area (Å²) in [6.07, 6.45) is 3.32. The number of hydrogen-bond donors (Lipinski definition) is 0. The molecule has 0 saturated heterocycles. The summed E-state index contributed by atoms with van der Waals surface area (Å²) in [5.41, 5.74) is 2.32. The molecule has 3 rings (SSSR count). The molecule has 46 heavy (non-hydrogen) atoms. The van der Waals surface area contributed by atoms with E-state index in [1.807, 2.05) is 0 Å². The van der Waals surface area contributed by atoms with Crippen LogP contribution in [0.3, 0.4) is 0 Å². The Labute approximate surface area is 289 Å². The molecule has 5 nitrogen and oxygen atoms in total. The van der Waals surface area contributed by atoms with E-state index in [9.17, 15) is 9.59 Å². The molecule has 1 fully saturated rings. The summed E-state index contributed by atoms with van der Waals surface area (Å²) >= 11 is 3.34. The maximum atomic E-state index is 14.0. The summed E-state index contributed by atoms with van der Waals surface area (Å²) in [7, 11) is -2.84. The second-order valence-corrected chi connectivity index (χ2v) is 27.5. The van der Waals surface area contributed by atoms with Crippen LogP contribution in [-0.4, -0.2) is 70.2 Å². The Morgan fingerprint density at radius 1 is 0.957 bits per heavy atom. The Morgan fingerprint density at radius 3 is 2.22 bits per heavy atom. The van der Waals surface area contributed by atoms with Gasteiger partial charge in [0.2, 0.25) is 0 Å². The maximum Gasteiger partial charge on any atom is 0.315 e. The van der Waals surface area contributed by atoms with Crippen molar-refractivity contribution in [2.24, 2.45) is 5.92 Å². The number of rotatable bonds is 14. The summed E-state index contributed by atoms with van der Waals surface area (Å²) < 4.78 is 18.9. The van der Waals surface area contributed by atoms with Crippen LogP contribution in [0.5, 0.6) is 0 Å². The lowest BCUT2D eigenvalue weighted by Gasteiger charge is -2.41. The van der Waals surface area contributed by atoms with Crippen LogP contribution in [0.15, 0.2) is 48.5 Å². The van der Waals surface area contributed by atoms with Crippen LogP contribution in [-0.2, 0) is 23.2 Å². The van der Waals surface area contributed by atoms with Gasteiger partial charge in [-0.1, -0.05) is 90.1 Å². The summed E-state index contributed by atoms with van der Waals surface area (Å²) in [5.74, 6) is 2.01. The minimum absolute atomic E-state index is 0.0186. The third-order valence-electron chi connectivity index (χ3n) is 10.0. The second kappa shape index (κ2) is 15.9. The molecular weight excluding hydrogens is 645 g/mol. The van der Waals surface area contributed by atoms with Crippen molar-refractivity contribution in [3.8, 4) is 0 Å². The van der Waals surface area contributed by atoms with Crippen molar-refractivity contribution in [2.45, 2.75) is 115 Å². The Hall–Kier alpha value is -1.37. The van der Waals surface area contributed by atoms with Crippen LogP contribution in [0.25, 0.3) is 16.3 Å². The highest BCUT2D eigenvalue weighted by Gasteiger charge is 2.50. The largest absolute Gasteiger partial charge is 0.468 e. The molecule has 4 atom stereocenters. The number of hydrogen-bond acceptors (Lipinski definition) is 7. The molecule has 1 saturated carbocycles. The Bertz CT molecular complexity index is 1370. The molecule has 1 aliphatic rings. The quantitative estimate of drug-likeness (QED) is 0.110. The van der Waals surface area contributed by atoms with Crippen LogP contribution in [0.1, 0.15) is 66.9 Å². The number of carbonyl (C=O) groups is 2. The molecule has 0 spiro atoms. The normalized spacial score (nSPS) is 20.7. The number of ketones is 1. The van der Waals surface area contributed by atoms with E-state index in [0.717, 1.165) is 29.1 Å². The Morgan fingerprint density at radius 2 is 1.59 bits per heavy atom. The van der Waals surface area contributed by atoms with E-state index < -0.39 is 16.6 Å². The standard InChI is InChI=1S/C37H58O5S2Si2/c1-26(41-45(9,10)36(2,3)4)23-30(29-20-15-18-27-17-13-14-19-28(27)29)34-32(42-46(11,12)37(5,6)7)24-31(38)35(34)44-22-16-21-43-25-33(39)40-8/h13-15,17-20,23,26,32,34-35H,16,21-22,24-25H2,1-12H3/t26?,32-,34+,35+/m1/s1. The highest BCUT2D eigenvalue weighted by Crippen LogP contribution is 2.48. The first kappa shape index (κ1) is 39.1. The average molecular weight is 703 g/mol. The van der Waals surface area contributed by atoms with E-state index in [4.69, 9.17) is 13.6 Å². The molecule has 1 aliphatic carbocycles. The first-order chi connectivity index (χ1) is 21.3. The van der Waals surface area contributed by atoms with Crippen molar-refractivity contribution >= 4 is 68.3 Å². The van der Waals surface area contributed by atoms with Gasteiger partial charge < -0.3 is 13.6 Å². The molecule has 0 aliphatic heterocycles. The zero-order chi connectivity index (χ0) is 34.5. The van der Waals surface area contributed by atoms with Crippen LogP contribution in [0.2, 0.25) is 36.3 Å². The van der Waals surface area contributed by atoms with E-state index in [1.165, 1.54) is 17.9 Å². The van der Waals surface area contributed by atoms with Crippen LogP contribution in [0.4, 0.5) is 0 Å². The van der Waals surface area contributed by atoms with Crippen molar-refractivity contribution in [2.75, 3.05) is 24.4 Å². The SMILES string of the molecule is COC(=O)CSCCCS[C@H]1C(=O)C[C@@H](O[Si](C)(C)C(C)(C)C)[C@@H]1C(=CC(C)O[Si](C)(C)C(C)(C)C)c1cccc2ccccc12. The minimum atomic E-state index is -2.20. The molecular formula is C37H58O5S2Si2. The number of Topliss-reactive ketones (excluding diaryl/α,β-unsaturated/α-hetero) is 1. The molecule has 256 valence electrons. The number of ether oxygens (including phenoxy) is 1. The van der Waals surface area contributed by atoms with Gasteiger partial charge in [-0.15, -0.1) is 11.8 Å². The number of methoxy groups -OCH3 is 1. The van der Waals surface area contributed by atoms with Crippen molar-refractivity contribution in [1.82, 2.24) is 0 Å². The zero-order valence-corrected chi connectivity index (χ0v) is 34.0. The van der Waals surface area contributed by atoms with Gasteiger partial charge in [0.25, 0.3) is 0 Å². The van der Waals surface area contributed by atoms with E-state index in [-0.39, 0.29) is 45.2 Å². The molecule has 0 heterocycles. The van der Waals surface area contributed by atoms with Gasteiger partial charge in [0.05, 0.1) is 30.3 Å². The van der Waals surface area contributed by atoms with Gasteiger partial charge in [0.15, 0.2) is 16.6 Å². The fraction of sp³-hybridized carbons (Fsp3) is 0.622. The summed E-state index contributed by atoms with van der Waals surface area (Å²) in [5, 5.41) is 2.25. The number of carbonyl (C=O) groups excluding carboxylic acids is 2. The molecule has 0 amide bonds. The molecule has 0 aromatic heterocycles. The lowest BCUT2D eigenvalue weighted by Crippen LogP contribution is -2.45. The first-order valence-electron chi connectivity index (χ1n) is 16.6. The lowest BCUT2D eigenvalue weighted by molar-refractivity contribution is -0.137. The van der Waals surface area contributed by atoms with Crippen LogP contribution in [0, 0.1) is 5.92 Å². The van der Waals surface area contributed by atoms with Gasteiger partial charge in [-0.2, -0.15) is 11.8 Å². The van der Waals surface area contributed by atoms with Gasteiger partial charge in [0.1, 0.15) is 5.78 Å². The fourth-order valence-corrected chi connectivity index (χ4v) is 10.5. The molecule has 0 bridgehead atoms. The monoisotopic (exact) mass is 702 g/mol. The number of thioether (sulfide) groups is 2. The zero-order valence-electron chi connectivity index (χ0n) is 30.3. The number of esters is 1. The van der Waals surface area contributed by atoms with E-state index in [1.54, 1.807) is 23.5 Å². The van der Waals surface area contributed by atoms with Gasteiger partial charge >= 0.3 is 5.97 Å². The van der Waals surface area contributed by atoms with E-state index in [2.05, 4.69) is 123 Å². The summed E-state index contributed by atoms with van der Waals surface area (Å²) in [6, 6.07) is 15.0. The molecule has 0 N–H and O–H groups in total. The second-order valence-electron chi connectivity index (χ2n) is 15.6. The molecule has 1 unspecified atom stereocenters. The van der Waals surface area contributed by atoms with Gasteiger partial charge in [0, 0.05) is 12.3 Å². The molecule has 2 aromatic rings. The van der Waals surface area contributed by atoms with Crippen molar-refractivity contribution < 1.29 is 23.2 Å². The van der Waals surface area contributed by atoms with Crippen LogP contribution < -0.4 is 0 Å². The molecule has 0 radical (unpaired) electrons. The Kier molecular flexibility index (Phi) is 13.5. The minimum Gasteiger partial charge on any atom is -0.468 e. The average Bonchev–Trinajstić information content (AvgIpc) is 3.24. The number of fused-ring (bicyclic) bond motifs is 1. The highest BCUT2D eigenvalue weighted by molar-refractivity contribution is 8.01. The molecule has 9 heteroatoms. The third kappa shape index (κ3) is 9.85. The fourth-order valence-electron chi connectivity index (χ4n) is 5.44. The van der Waals surface area contributed by atoms with Crippen molar-refractivity contribution in [1.29, 1.82) is 0 Å².